The molecule has 7 aromatic rings. The molecule has 4 aromatic heterocycles. The van der Waals surface area contributed by atoms with E-state index in [9.17, 15) is 4.79 Å². The maximum absolute atomic E-state index is 12.5. The normalized spacial score (nSPS) is 21.6. The Hall–Kier alpha value is -5.69. The largest absolute Gasteiger partial charge is 0.445 e. The second-order valence-electron chi connectivity index (χ2n) is 17.5. The van der Waals surface area contributed by atoms with E-state index in [1.54, 1.807) is 0 Å². The van der Waals surface area contributed by atoms with Crippen LogP contribution in [0.15, 0.2) is 116 Å². The second kappa shape index (κ2) is 18.7. The van der Waals surface area contributed by atoms with Crippen LogP contribution in [0.4, 0.5) is 4.79 Å². The summed E-state index contributed by atoms with van der Waals surface area (Å²) in [5, 5.41) is 15.1. The van der Waals surface area contributed by atoms with Gasteiger partial charge in [-0.25, -0.2) is 14.2 Å². The van der Waals surface area contributed by atoms with Crippen LogP contribution >= 0.6 is 0 Å². The van der Waals surface area contributed by atoms with Crippen molar-refractivity contribution in [3.63, 3.8) is 0 Å². The summed E-state index contributed by atoms with van der Waals surface area (Å²) in [6, 6.07) is 27.6. The first-order valence-electron chi connectivity index (χ1n) is 22.8. The Morgan fingerprint density at radius 1 is 0.677 bits per heavy atom. The standard InChI is InChI=1S/C29H32N4O3.C21H26N4O/c34-29(36-21-22-6-2-1-3-7-22)32-13-11-23(19-32)18-31-14-12-25-16-24(9-10-27(25)31)26-17-30-33(20-26)28-8-4-5-15-35-28;1-2-10-26-21(3-1)25-15-19(13-23-25)17-4-5-20-18(11-17)7-9-24(20)14-16-6-8-22-12-16/h1-3,6-7,9-10,12,14,16-17,20,23,28H,4-5,8,11,13,15,18-19,21H2;4-5,7,9,11,13,15-16,21-22H,1-3,6,8,10,12,14H2. The molecule has 4 fully saturated rings. The molecule has 4 aliphatic rings. The highest BCUT2D eigenvalue weighted by molar-refractivity contribution is 5.86. The maximum atomic E-state index is 12.5. The fourth-order valence-corrected chi connectivity index (χ4v) is 9.62. The number of carbonyl (C=O) groups excluding carboxylic acids is 1. The predicted octanol–water partition coefficient (Wildman–Crippen LogP) is 9.68. The van der Waals surface area contributed by atoms with Crippen LogP contribution < -0.4 is 5.32 Å². The lowest BCUT2D eigenvalue weighted by atomic mass is 10.1. The summed E-state index contributed by atoms with van der Waals surface area (Å²) in [4.78, 5) is 14.4. The minimum Gasteiger partial charge on any atom is -0.445 e. The summed E-state index contributed by atoms with van der Waals surface area (Å²) in [6.45, 7) is 7.74. The highest BCUT2D eigenvalue weighted by Gasteiger charge is 2.28. The van der Waals surface area contributed by atoms with Gasteiger partial charge in [0.25, 0.3) is 0 Å². The van der Waals surface area contributed by atoms with Gasteiger partial charge in [-0.2, -0.15) is 10.2 Å². The Balaban J connectivity index is 0.000000156. The first-order valence-corrected chi connectivity index (χ1v) is 22.8. The molecule has 4 aliphatic heterocycles. The topological polar surface area (TPSA) is 106 Å². The highest BCUT2D eigenvalue weighted by atomic mass is 16.6. The van der Waals surface area contributed by atoms with Gasteiger partial charge in [-0.05, 0) is 129 Å². The molecule has 8 heterocycles. The average molecular weight is 835 g/mol. The van der Waals surface area contributed by atoms with E-state index in [1.165, 1.54) is 46.6 Å². The van der Waals surface area contributed by atoms with E-state index < -0.39 is 0 Å². The summed E-state index contributed by atoms with van der Waals surface area (Å²) >= 11 is 0. The van der Waals surface area contributed by atoms with E-state index in [4.69, 9.17) is 14.2 Å². The van der Waals surface area contributed by atoms with Gasteiger partial charge in [0, 0.05) is 97.1 Å². The van der Waals surface area contributed by atoms with E-state index >= 15 is 0 Å². The van der Waals surface area contributed by atoms with Crippen LogP contribution in [-0.2, 0) is 33.9 Å². The van der Waals surface area contributed by atoms with Crippen molar-refractivity contribution in [1.82, 2.24) is 38.9 Å². The van der Waals surface area contributed by atoms with Gasteiger partial charge in [-0.3, -0.25) is 0 Å². The summed E-state index contributed by atoms with van der Waals surface area (Å²) in [5.74, 6) is 1.16. The smallest absolute Gasteiger partial charge is 0.410 e. The fourth-order valence-electron chi connectivity index (χ4n) is 9.62. The Morgan fingerprint density at radius 2 is 1.29 bits per heavy atom. The number of amides is 1. The molecule has 11 rings (SSSR count). The van der Waals surface area contributed by atoms with Crippen molar-refractivity contribution >= 4 is 27.9 Å². The quantitative estimate of drug-likeness (QED) is 0.146. The number of rotatable bonds is 10. The third-order valence-electron chi connectivity index (χ3n) is 13.1. The number of likely N-dealkylation sites (tertiary alicyclic amines) is 1. The zero-order chi connectivity index (χ0) is 41.7. The van der Waals surface area contributed by atoms with Crippen LogP contribution in [0.25, 0.3) is 44.1 Å². The lowest BCUT2D eigenvalue weighted by Gasteiger charge is -2.22. The molecule has 1 amide bonds. The molecule has 12 nitrogen and oxygen atoms in total. The van der Waals surface area contributed by atoms with Gasteiger partial charge in [-0.15, -0.1) is 0 Å². The Bertz CT molecular complexity index is 2560. The fraction of sp³-hybridized carbons (Fsp3) is 0.420. The number of aromatic nitrogens is 6. The summed E-state index contributed by atoms with van der Waals surface area (Å²) in [6.07, 6.45) is 21.5. The van der Waals surface area contributed by atoms with Gasteiger partial charge >= 0.3 is 6.09 Å². The molecular weight excluding hydrogens is 777 g/mol. The Labute approximate surface area is 363 Å². The number of ether oxygens (including phenoxy) is 3. The van der Waals surface area contributed by atoms with Crippen molar-refractivity contribution < 1.29 is 19.0 Å². The second-order valence-corrected chi connectivity index (χ2v) is 17.5. The van der Waals surface area contributed by atoms with Gasteiger partial charge < -0.3 is 33.6 Å². The number of hydrogen-bond acceptors (Lipinski definition) is 7. The molecule has 0 aliphatic carbocycles. The number of nitrogens with one attached hydrogen (secondary N) is 1. The summed E-state index contributed by atoms with van der Waals surface area (Å²) in [5.41, 5.74) is 8.20. The zero-order valence-corrected chi connectivity index (χ0v) is 35.6. The van der Waals surface area contributed by atoms with Crippen LogP contribution in [0.5, 0.6) is 0 Å². The van der Waals surface area contributed by atoms with Gasteiger partial charge in [0.2, 0.25) is 0 Å². The van der Waals surface area contributed by atoms with Gasteiger partial charge in [0.15, 0.2) is 0 Å². The first-order chi connectivity index (χ1) is 30.6. The van der Waals surface area contributed by atoms with Gasteiger partial charge in [0.05, 0.1) is 12.4 Å². The van der Waals surface area contributed by atoms with Crippen LogP contribution in [0.2, 0.25) is 0 Å². The van der Waals surface area contributed by atoms with Crippen LogP contribution in [0, 0.1) is 11.8 Å². The summed E-state index contributed by atoms with van der Waals surface area (Å²) < 4.78 is 25.9. The average Bonchev–Trinajstić information content (AvgIpc) is 4.20. The van der Waals surface area contributed by atoms with E-state index in [1.807, 2.05) is 57.0 Å². The van der Waals surface area contributed by atoms with Crippen LogP contribution in [0.3, 0.4) is 0 Å². The third-order valence-corrected chi connectivity index (χ3v) is 13.1. The first kappa shape index (κ1) is 40.4. The number of hydrogen-bond donors (Lipinski definition) is 1. The third kappa shape index (κ3) is 9.23. The molecule has 322 valence electrons. The number of benzene rings is 3. The van der Waals surface area contributed by atoms with Crippen molar-refractivity contribution in [2.45, 2.75) is 83.5 Å². The van der Waals surface area contributed by atoms with E-state index in [2.05, 4.69) is 98.0 Å². The molecule has 12 heteroatoms. The van der Waals surface area contributed by atoms with Crippen LogP contribution in [-0.4, -0.2) is 79.1 Å². The Kier molecular flexibility index (Phi) is 12.2. The highest BCUT2D eigenvalue weighted by Crippen LogP contribution is 2.31. The summed E-state index contributed by atoms with van der Waals surface area (Å²) in [7, 11) is 0. The molecule has 1 N–H and O–H groups in total. The monoisotopic (exact) mass is 834 g/mol. The van der Waals surface area contributed by atoms with Crippen molar-refractivity contribution in [3.8, 4) is 22.3 Å². The molecule has 3 aromatic carbocycles. The molecule has 0 saturated carbocycles. The van der Waals surface area contributed by atoms with E-state index in [0.29, 0.717) is 12.5 Å². The molecule has 4 atom stereocenters. The van der Waals surface area contributed by atoms with Crippen molar-refractivity contribution in [2.75, 3.05) is 39.4 Å². The minimum atomic E-state index is -0.220. The van der Waals surface area contributed by atoms with Gasteiger partial charge in [-0.1, -0.05) is 42.5 Å². The molecule has 4 unspecified atom stereocenters. The molecule has 0 radical (unpaired) electrons. The molecule has 0 spiro atoms. The van der Waals surface area contributed by atoms with Crippen molar-refractivity contribution in [1.29, 1.82) is 0 Å². The van der Waals surface area contributed by atoms with Crippen molar-refractivity contribution in [2.24, 2.45) is 11.8 Å². The van der Waals surface area contributed by atoms with E-state index in [0.717, 1.165) is 113 Å². The Morgan fingerprint density at radius 3 is 1.85 bits per heavy atom. The SMILES string of the molecule is O=C(OCc1ccccc1)N1CCC(Cn2ccc3cc(-c4cnn(C5CCCCO5)c4)ccc32)C1.c1cc2c(ccn2CC2CCNC2)cc1-c1cnn(C2CCCCO2)c1. The van der Waals surface area contributed by atoms with Crippen molar-refractivity contribution in [3.05, 3.63) is 122 Å². The lowest BCUT2D eigenvalue weighted by Crippen LogP contribution is -2.29. The number of fused-ring (bicyclic) bond motifs is 2. The number of carbonyl (C=O) groups is 1. The predicted molar refractivity (Wildman–Crippen MR) is 241 cm³/mol. The molecular formula is C50H58N8O4. The minimum absolute atomic E-state index is 0.0545. The lowest BCUT2D eigenvalue weighted by molar-refractivity contribution is -0.0395. The maximum Gasteiger partial charge on any atom is 0.410 e. The number of nitrogens with zero attached hydrogens (tertiary/aromatic N) is 7. The zero-order valence-electron chi connectivity index (χ0n) is 35.6. The van der Waals surface area contributed by atoms with Gasteiger partial charge in [0.1, 0.15) is 19.1 Å². The van der Waals surface area contributed by atoms with E-state index in [-0.39, 0.29) is 18.5 Å². The molecule has 62 heavy (non-hydrogen) atoms. The van der Waals surface area contributed by atoms with Crippen LogP contribution in [0.1, 0.15) is 69.4 Å². The molecule has 0 bridgehead atoms. The molecule has 4 saturated heterocycles.